The molecule has 1 aliphatic heterocycles. The normalized spacial score (nSPS) is 19.0. The minimum Gasteiger partial charge on any atom is -0.355 e. The Morgan fingerprint density at radius 3 is 2.35 bits per heavy atom. The van der Waals surface area contributed by atoms with Crippen molar-refractivity contribution >= 4 is 23.5 Å². The van der Waals surface area contributed by atoms with Gasteiger partial charge in [-0.1, -0.05) is 12.1 Å². The van der Waals surface area contributed by atoms with E-state index in [0.717, 1.165) is 18.2 Å². The zero-order chi connectivity index (χ0) is 23.3. The molecule has 10 heteroatoms. The van der Waals surface area contributed by atoms with E-state index in [1.165, 1.54) is 19.9 Å². The molecule has 1 aromatic heterocycles. The van der Waals surface area contributed by atoms with Crippen molar-refractivity contribution in [2.75, 3.05) is 6.54 Å². The maximum absolute atomic E-state index is 13.1. The van der Waals surface area contributed by atoms with Gasteiger partial charge in [-0.15, -0.1) is 0 Å². The number of urea groups is 1. The van der Waals surface area contributed by atoms with Gasteiger partial charge in [-0.25, -0.2) is 4.79 Å². The van der Waals surface area contributed by atoms with Gasteiger partial charge < -0.3 is 10.3 Å². The van der Waals surface area contributed by atoms with Crippen LogP contribution in [0.1, 0.15) is 57.1 Å². The van der Waals surface area contributed by atoms with Crippen molar-refractivity contribution < 1.29 is 32.3 Å². The Morgan fingerprint density at radius 1 is 1.16 bits per heavy atom. The molecular weight excluding hydrogens is 415 g/mol. The molecule has 0 radical (unpaired) electrons. The van der Waals surface area contributed by atoms with Crippen LogP contribution < -0.4 is 5.32 Å². The van der Waals surface area contributed by atoms with Gasteiger partial charge in [-0.05, 0) is 51.0 Å². The summed E-state index contributed by atoms with van der Waals surface area (Å²) >= 11 is 0. The number of aryl methyl sites for hydroxylation is 1. The van der Waals surface area contributed by atoms with Crippen molar-refractivity contribution in [3.63, 3.8) is 0 Å². The lowest BCUT2D eigenvalue weighted by molar-refractivity contribution is -0.138. The highest BCUT2D eigenvalue weighted by Crippen LogP contribution is 2.34. The molecule has 164 valence electrons. The monoisotopic (exact) mass is 435 g/mol. The molecule has 0 aliphatic carbocycles. The molecule has 3 rings (SSSR count). The third-order valence-electron chi connectivity index (χ3n) is 5.41. The second-order valence-electron chi connectivity index (χ2n) is 7.63. The van der Waals surface area contributed by atoms with Crippen molar-refractivity contribution in [3.8, 4) is 0 Å². The molecule has 1 fully saturated rings. The van der Waals surface area contributed by atoms with Gasteiger partial charge >= 0.3 is 12.2 Å². The summed E-state index contributed by atoms with van der Waals surface area (Å²) in [5.41, 5.74) is -1.44. The lowest BCUT2D eigenvalue weighted by Crippen LogP contribution is -2.41. The summed E-state index contributed by atoms with van der Waals surface area (Å²) in [6, 6.07) is 3.20. The Morgan fingerprint density at radius 2 is 1.81 bits per heavy atom. The number of carbonyl (C=O) groups excluding carboxylic acids is 4. The topological polar surface area (TPSA) is 99.3 Å². The van der Waals surface area contributed by atoms with Gasteiger partial charge in [0.15, 0.2) is 11.6 Å². The predicted molar refractivity (Wildman–Crippen MR) is 104 cm³/mol. The lowest BCUT2D eigenvalue weighted by atomic mass is 9.90. The first-order valence-electron chi connectivity index (χ1n) is 9.32. The molecule has 1 unspecified atom stereocenters. The summed E-state index contributed by atoms with van der Waals surface area (Å²) < 4.78 is 39.2. The highest BCUT2D eigenvalue weighted by atomic mass is 19.4. The second-order valence-corrected chi connectivity index (χ2v) is 7.63. The maximum atomic E-state index is 13.1. The molecule has 3 amide bonds. The van der Waals surface area contributed by atoms with Crippen molar-refractivity contribution in [3.05, 3.63) is 57.9 Å². The molecule has 1 atom stereocenters. The third-order valence-corrected chi connectivity index (χ3v) is 5.41. The summed E-state index contributed by atoms with van der Waals surface area (Å²) in [7, 11) is 0. The summed E-state index contributed by atoms with van der Waals surface area (Å²) in [6.45, 7) is 5.21. The van der Waals surface area contributed by atoms with Gasteiger partial charge in [-0.2, -0.15) is 13.2 Å². The number of aromatic nitrogens is 1. The molecule has 1 aliphatic rings. The van der Waals surface area contributed by atoms with E-state index in [9.17, 15) is 32.3 Å². The number of Topliss-reactive ketones (excluding diaryl/α,β-unsaturated/α-hetero) is 2. The van der Waals surface area contributed by atoms with Crippen LogP contribution in [0.15, 0.2) is 24.3 Å². The molecule has 0 spiro atoms. The quantitative estimate of drug-likeness (QED) is 0.555. The molecule has 1 saturated heterocycles. The number of rotatable bonds is 5. The number of nitrogens with one attached hydrogen (secondary N) is 2. The zero-order valence-electron chi connectivity index (χ0n) is 17.2. The van der Waals surface area contributed by atoms with E-state index in [0.29, 0.717) is 21.7 Å². The number of nitrogens with zero attached hydrogens (tertiary/aromatic N) is 1. The van der Waals surface area contributed by atoms with Crippen LogP contribution in [-0.4, -0.2) is 39.9 Å². The molecule has 2 N–H and O–H groups in total. The zero-order valence-corrected chi connectivity index (χ0v) is 17.2. The standard InChI is InChI=1S/C21H20F3N3O4/c1-10-16(12(3)28)11(2)25-17(10)15(29)9-27-18(30)20(4,26-19(27)31)13-6-5-7-14(8-13)21(22,23)24/h5-8,25H,9H2,1-4H3,(H,26,31). The van der Waals surface area contributed by atoms with E-state index in [2.05, 4.69) is 10.3 Å². The molecule has 7 nitrogen and oxygen atoms in total. The van der Waals surface area contributed by atoms with Gasteiger partial charge in [0.2, 0.25) is 0 Å². The van der Waals surface area contributed by atoms with Crippen LogP contribution in [-0.2, 0) is 16.5 Å². The Kier molecular flexibility index (Phi) is 5.29. The van der Waals surface area contributed by atoms with Crippen LogP contribution >= 0.6 is 0 Å². The van der Waals surface area contributed by atoms with E-state index >= 15 is 0 Å². The maximum Gasteiger partial charge on any atom is 0.416 e. The SMILES string of the molecule is CC(=O)c1c(C)[nH]c(C(=O)CN2C(=O)NC(C)(c3cccc(C(F)(F)F)c3)C2=O)c1C. The van der Waals surface area contributed by atoms with Crippen LogP contribution in [0.2, 0.25) is 0 Å². The first-order valence-corrected chi connectivity index (χ1v) is 9.32. The number of alkyl halides is 3. The van der Waals surface area contributed by atoms with Gasteiger partial charge in [0.1, 0.15) is 5.54 Å². The highest BCUT2D eigenvalue weighted by molar-refractivity contribution is 6.12. The smallest absolute Gasteiger partial charge is 0.355 e. The molecule has 2 aromatic rings. The first kappa shape index (κ1) is 22.3. The fourth-order valence-corrected chi connectivity index (χ4v) is 3.82. The van der Waals surface area contributed by atoms with Gasteiger partial charge in [0.25, 0.3) is 5.91 Å². The molecule has 2 heterocycles. The Bertz CT molecular complexity index is 1120. The van der Waals surface area contributed by atoms with E-state index in [1.54, 1.807) is 13.8 Å². The highest BCUT2D eigenvalue weighted by Gasteiger charge is 2.50. The van der Waals surface area contributed by atoms with Crippen LogP contribution in [0.25, 0.3) is 0 Å². The van der Waals surface area contributed by atoms with Gasteiger partial charge in [0.05, 0.1) is 17.8 Å². The molecule has 0 bridgehead atoms. The number of benzene rings is 1. The summed E-state index contributed by atoms with van der Waals surface area (Å²) in [5, 5.41) is 2.38. The number of carbonyl (C=O) groups is 4. The summed E-state index contributed by atoms with van der Waals surface area (Å²) in [6.07, 6.45) is -4.62. The number of hydrogen-bond donors (Lipinski definition) is 2. The number of imide groups is 1. The molecule has 1 aromatic carbocycles. The van der Waals surface area contributed by atoms with E-state index in [4.69, 9.17) is 0 Å². The second kappa shape index (κ2) is 7.36. The van der Waals surface area contributed by atoms with Gasteiger partial charge in [0, 0.05) is 11.3 Å². The Labute approximate surface area is 175 Å². The van der Waals surface area contributed by atoms with Crippen molar-refractivity contribution in [1.82, 2.24) is 15.2 Å². The summed E-state index contributed by atoms with van der Waals surface area (Å²) in [4.78, 5) is 53.4. The molecule has 31 heavy (non-hydrogen) atoms. The van der Waals surface area contributed by atoms with Crippen molar-refractivity contribution in [2.24, 2.45) is 0 Å². The minimum absolute atomic E-state index is 0.0543. The number of ketones is 2. The van der Waals surface area contributed by atoms with Crippen molar-refractivity contribution in [1.29, 1.82) is 0 Å². The first-order chi connectivity index (χ1) is 14.3. The van der Waals surface area contributed by atoms with Crippen LogP contribution in [0.5, 0.6) is 0 Å². The van der Waals surface area contributed by atoms with E-state index in [-0.39, 0.29) is 17.0 Å². The molecular formula is C21H20F3N3O4. The number of H-pyrrole nitrogens is 1. The van der Waals surface area contributed by atoms with Crippen molar-refractivity contribution in [2.45, 2.75) is 39.4 Å². The minimum atomic E-state index is -4.62. The fraction of sp³-hybridized carbons (Fsp3) is 0.333. The fourth-order valence-electron chi connectivity index (χ4n) is 3.82. The van der Waals surface area contributed by atoms with Crippen LogP contribution in [0.4, 0.5) is 18.0 Å². The van der Waals surface area contributed by atoms with E-state index < -0.39 is 41.5 Å². The predicted octanol–water partition coefficient (Wildman–Crippen LogP) is 3.50. The number of amides is 3. The number of hydrogen-bond acceptors (Lipinski definition) is 4. The van der Waals surface area contributed by atoms with Gasteiger partial charge in [-0.3, -0.25) is 19.3 Å². The third kappa shape index (κ3) is 3.73. The number of aromatic amines is 1. The average Bonchev–Trinajstić information content (AvgIpc) is 3.09. The molecule has 0 saturated carbocycles. The summed E-state index contributed by atoms with van der Waals surface area (Å²) in [5.74, 6) is -1.69. The van der Waals surface area contributed by atoms with Crippen LogP contribution in [0, 0.1) is 13.8 Å². The van der Waals surface area contributed by atoms with Crippen LogP contribution in [0.3, 0.4) is 0 Å². The number of halogens is 3. The Hall–Kier alpha value is -3.43. The average molecular weight is 435 g/mol. The Balaban J connectivity index is 1.90. The largest absolute Gasteiger partial charge is 0.416 e. The lowest BCUT2D eigenvalue weighted by Gasteiger charge is -2.23. The van der Waals surface area contributed by atoms with E-state index in [1.807, 2.05) is 0 Å².